The summed E-state index contributed by atoms with van der Waals surface area (Å²) in [7, 11) is 0. The standard InChI is InChI=1S/C17H21NO/c1-14(2)12-18-13-15-8-10-17(11-9-15)19-16-6-4-3-5-7-16/h3-11,14,18H,12-13H2,1-2H3. The number of para-hydroxylation sites is 1. The Labute approximate surface area is 115 Å². The van der Waals surface area contributed by atoms with Gasteiger partial charge in [-0.3, -0.25) is 0 Å². The highest BCUT2D eigenvalue weighted by atomic mass is 16.5. The van der Waals surface area contributed by atoms with Crippen LogP contribution >= 0.6 is 0 Å². The van der Waals surface area contributed by atoms with Crippen LogP contribution < -0.4 is 10.1 Å². The number of hydrogen-bond acceptors (Lipinski definition) is 2. The van der Waals surface area contributed by atoms with Crippen molar-refractivity contribution in [3.63, 3.8) is 0 Å². The van der Waals surface area contributed by atoms with Gasteiger partial charge in [0.25, 0.3) is 0 Å². The summed E-state index contributed by atoms with van der Waals surface area (Å²) in [5.74, 6) is 2.42. The molecule has 0 aliphatic heterocycles. The fourth-order valence-electron chi connectivity index (χ4n) is 1.81. The van der Waals surface area contributed by atoms with E-state index in [0.717, 1.165) is 24.6 Å². The van der Waals surface area contributed by atoms with Crippen molar-refractivity contribution in [3.8, 4) is 11.5 Å². The van der Waals surface area contributed by atoms with E-state index in [9.17, 15) is 0 Å². The quantitative estimate of drug-likeness (QED) is 0.834. The van der Waals surface area contributed by atoms with E-state index in [2.05, 4.69) is 31.3 Å². The summed E-state index contributed by atoms with van der Waals surface area (Å²) in [6.45, 7) is 6.37. The highest BCUT2D eigenvalue weighted by Gasteiger charge is 1.98. The number of rotatable bonds is 6. The Balaban J connectivity index is 1.88. The molecule has 0 amide bonds. The SMILES string of the molecule is CC(C)CNCc1ccc(Oc2ccccc2)cc1. The van der Waals surface area contributed by atoms with Crippen LogP contribution in [0.4, 0.5) is 0 Å². The van der Waals surface area contributed by atoms with Crippen molar-refractivity contribution in [2.45, 2.75) is 20.4 Å². The largest absolute Gasteiger partial charge is 0.457 e. The Kier molecular flexibility index (Phi) is 4.99. The van der Waals surface area contributed by atoms with Gasteiger partial charge < -0.3 is 10.1 Å². The molecule has 0 aliphatic rings. The molecule has 0 spiro atoms. The van der Waals surface area contributed by atoms with Crippen molar-refractivity contribution in [1.82, 2.24) is 5.32 Å². The van der Waals surface area contributed by atoms with Crippen molar-refractivity contribution in [2.75, 3.05) is 6.54 Å². The van der Waals surface area contributed by atoms with Crippen molar-refractivity contribution in [1.29, 1.82) is 0 Å². The average Bonchev–Trinajstić information content (AvgIpc) is 2.42. The summed E-state index contributed by atoms with van der Waals surface area (Å²) in [6.07, 6.45) is 0. The van der Waals surface area contributed by atoms with Crippen molar-refractivity contribution in [3.05, 3.63) is 60.2 Å². The number of benzene rings is 2. The molecule has 0 fully saturated rings. The number of nitrogens with one attached hydrogen (secondary N) is 1. The van der Waals surface area contributed by atoms with Gasteiger partial charge in [-0.15, -0.1) is 0 Å². The van der Waals surface area contributed by atoms with E-state index in [4.69, 9.17) is 4.74 Å². The Bertz CT molecular complexity index is 476. The summed E-state index contributed by atoms with van der Waals surface area (Å²) in [5, 5.41) is 3.43. The molecular formula is C17H21NO. The van der Waals surface area contributed by atoms with Crippen LogP contribution in [0.25, 0.3) is 0 Å². The van der Waals surface area contributed by atoms with Gasteiger partial charge in [-0.25, -0.2) is 0 Å². The fraction of sp³-hybridized carbons (Fsp3) is 0.294. The second kappa shape index (κ2) is 6.95. The molecule has 0 radical (unpaired) electrons. The molecule has 0 bridgehead atoms. The highest BCUT2D eigenvalue weighted by molar-refractivity contribution is 5.32. The highest BCUT2D eigenvalue weighted by Crippen LogP contribution is 2.20. The molecule has 0 saturated carbocycles. The first-order chi connectivity index (χ1) is 9.24. The zero-order chi connectivity index (χ0) is 13.5. The summed E-state index contributed by atoms with van der Waals surface area (Å²) in [5.41, 5.74) is 1.28. The second-order valence-corrected chi connectivity index (χ2v) is 5.08. The van der Waals surface area contributed by atoms with Crippen molar-refractivity contribution < 1.29 is 4.74 Å². The van der Waals surface area contributed by atoms with Gasteiger partial charge in [0.1, 0.15) is 11.5 Å². The minimum atomic E-state index is 0.681. The van der Waals surface area contributed by atoms with Crippen LogP contribution in [0.15, 0.2) is 54.6 Å². The Hall–Kier alpha value is -1.80. The van der Waals surface area contributed by atoms with E-state index in [1.165, 1.54) is 5.56 Å². The maximum atomic E-state index is 5.76. The zero-order valence-electron chi connectivity index (χ0n) is 11.6. The molecular weight excluding hydrogens is 234 g/mol. The molecule has 100 valence electrons. The third-order valence-corrected chi connectivity index (χ3v) is 2.78. The second-order valence-electron chi connectivity index (χ2n) is 5.08. The van der Waals surface area contributed by atoms with Crippen LogP contribution in [0.1, 0.15) is 19.4 Å². The maximum Gasteiger partial charge on any atom is 0.127 e. The van der Waals surface area contributed by atoms with E-state index < -0.39 is 0 Å². The molecule has 0 saturated heterocycles. The molecule has 2 aromatic carbocycles. The molecule has 2 nitrogen and oxygen atoms in total. The van der Waals surface area contributed by atoms with Crippen LogP contribution in [0.2, 0.25) is 0 Å². The molecule has 2 aromatic rings. The molecule has 19 heavy (non-hydrogen) atoms. The van der Waals surface area contributed by atoms with Crippen molar-refractivity contribution in [2.24, 2.45) is 5.92 Å². The van der Waals surface area contributed by atoms with E-state index >= 15 is 0 Å². The van der Waals surface area contributed by atoms with Gasteiger partial charge in [-0.1, -0.05) is 44.2 Å². The average molecular weight is 255 g/mol. The number of hydrogen-bond donors (Lipinski definition) is 1. The molecule has 2 rings (SSSR count). The molecule has 0 atom stereocenters. The van der Waals surface area contributed by atoms with E-state index in [1.54, 1.807) is 0 Å². The predicted molar refractivity (Wildman–Crippen MR) is 79.5 cm³/mol. The van der Waals surface area contributed by atoms with Crippen LogP contribution in [-0.2, 0) is 6.54 Å². The van der Waals surface area contributed by atoms with Gasteiger partial charge in [0, 0.05) is 6.54 Å². The normalized spacial score (nSPS) is 10.7. The lowest BCUT2D eigenvalue weighted by atomic mass is 10.2. The maximum absolute atomic E-state index is 5.76. The smallest absolute Gasteiger partial charge is 0.127 e. The monoisotopic (exact) mass is 255 g/mol. The summed E-state index contributed by atoms with van der Waals surface area (Å²) < 4.78 is 5.76. The van der Waals surface area contributed by atoms with Crippen LogP contribution in [0.3, 0.4) is 0 Å². The van der Waals surface area contributed by atoms with E-state index in [1.807, 2.05) is 42.5 Å². The van der Waals surface area contributed by atoms with Gasteiger partial charge in [0.15, 0.2) is 0 Å². The molecule has 1 N–H and O–H groups in total. The molecule has 2 heteroatoms. The first kappa shape index (κ1) is 13.6. The minimum Gasteiger partial charge on any atom is -0.457 e. The molecule has 0 unspecified atom stereocenters. The van der Waals surface area contributed by atoms with E-state index in [-0.39, 0.29) is 0 Å². The summed E-state index contributed by atoms with van der Waals surface area (Å²) in [6, 6.07) is 18.1. The summed E-state index contributed by atoms with van der Waals surface area (Å²) >= 11 is 0. The zero-order valence-corrected chi connectivity index (χ0v) is 11.6. The summed E-state index contributed by atoms with van der Waals surface area (Å²) in [4.78, 5) is 0. The lowest BCUT2D eigenvalue weighted by Crippen LogP contribution is -2.18. The first-order valence-electron chi connectivity index (χ1n) is 6.76. The van der Waals surface area contributed by atoms with Crippen LogP contribution in [0.5, 0.6) is 11.5 Å². The Morgan fingerprint density at radius 1 is 0.895 bits per heavy atom. The van der Waals surface area contributed by atoms with Crippen LogP contribution in [0, 0.1) is 5.92 Å². The van der Waals surface area contributed by atoms with Crippen LogP contribution in [-0.4, -0.2) is 6.54 Å². The third kappa shape index (κ3) is 4.76. The van der Waals surface area contributed by atoms with Gasteiger partial charge in [0.2, 0.25) is 0 Å². The lowest BCUT2D eigenvalue weighted by molar-refractivity contribution is 0.482. The Morgan fingerprint density at radius 3 is 2.16 bits per heavy atom. The number of ether oxygens (including phenoxy) is 1. The fourth-order valence-corrected chi connectivity index (χ4v) is 1.81. The van der Waals surface area contributed by atoms with Crippen molar-refractivity contribution >= 4 is 0 Å². The van der Waals surface area contributed by atoms with Gasteiger partial charge in [-0.05, 0) is 42.3 Å². The molecule has 0 aromatic heterocycles. The van der Waals surface area contributed by atoms with Gasteiger partial charge in [0.05, 0.1) is 0 Å². The van der Waals surface area contributed by atoms with Gasteiger partial charge >= 0.3 is 0 Å². The first-order valence-corrected chi connectivity index (χ1v) is 6.76. The lowest BCUT2D eigenvalue weighted by Gasteiger charge is -2.09. The molecule has 0 heterocycles. The van der Waals surface area contributed by atoms with E-state index in [0.29, 0.717) is 5.92 Å². The minimum absolute atomic E-state index is 0.681. The van der Waals surface area contributed by atoms with Gasteiger partial charge in [-0.2, -0.15) is 0 Å². The molecule has 0 aliphatic carbocycles. The Morgan fingerprint density at radius 2 is 1.53 bits per heavy atom. The topological polar surface area (TPSA) is 21.3 Å². The third-order valence-electron chi connectivity index (χ3n) is 2.78. The predicted octanol–water partition coefficient (Wildman–Crippen LogP) is 4.22.